The number of rotatable bonds is 1. The predicted molar refractivity (Wildman–Crippen MR) is 55.2 cm³/mol. The van der Waals surface area contributed by atoms with Crippen molar-refractivity contribution < 1.29 is 14.3 Å². The number of methoxy groups -OCH3 is 1. The third-order valence-corrected chi connectivity index (χ3v) is 5.28. The van der Waals surface area contributed by atoms with E-state index in [-0.39, 0.29) is 22.6 Å². The van der Waals surface area contributed by atoms with E-state index in [1.807, 2.05) is 20.8 Å². The molecule has 0 amide bonds. The highest BCUT2D eigenvalue weighted by atomic mass is 16.5. The van der Waals surface area contributed by atoms with Gasteiger partial charge in [0.25, 0.3) is 0 Å². The molecule has 0 unspecified atom stereocenters. The highest BCUT2D eigenvalue weighted by Crippen LogP contribution is 2.70. The zero-order valence-electron chi connectivity index (χ0n) is 9.85. The van der Waals surface area contributed by atoms with Crippen LogP contribution >= 0.6 is 0 Å². The average Bonchev–Trinajstić information content (AvgIpc) is 2.47. The van der Waals surface area contributed by atoms with Gasteiger partial charge >= 0.3 is 5.97 Å². The number of hydrogen-bond acceptors (Lipinski definition) is 3. The van der Waals surface area contributed by atoms with Crippen LogP contribution < -0.4 is 0 Å². The highest BCUT2D eigenvalue weighted by Gasteiger charge is 2.73. The molecule has 0 aromatic heterocycles. The summed E-state index contributed by atoms with van der Waals surface area (Å²) >= 11 is 0. The Kier molecular flexibility index (Phi) is 1.87. The van der Waals surface area contributed by atoms with Crippen molar-refractivity contribution in [3.8, 4) is 0 Å². The average molecular weight is 210 g/mol. The van der Waals surface area contributed by atoms with Crippen molar-refractivity contribution in [1.82, 2.24) is 0 Å². The fourth-order valence-corrected chi connectivity index (χ4v) is 3.51. The number of Topliss-reactive ketones (excluding diaryl/α,β-unsaturated/α-hetero) is 1. The first-order valence-corrected chi connectivity index (χ1v) is 5.43. The summed E-state index contributed by atoms with van der Waals surface area (Å²) < 4.78 is 4.89. The zero-order valence-corrected chi connectivity index (χ0v) is 9.85. The van der Waals surface area contributed by atoms with E-state index in [0.717, 1.165) is 12.8 Å². The van der Waals surface area contributed by atoms with Crippen molar-refractivity contribution in [2.75, 3.05) is 7.11 Å². The molecular weight excluding hydrogens is 192 g/mol. The van der Waals surface area contributed by atoms with Gasteiger partial charge < -0.3 is 4.74 Å². The van der Waals surface area contributed by atoms with Gasteiger partial charge in [-0.1, -0.05) is 20.8 Å². The number of hydrogen-bond donors (Lipinski definition) is 0. The Labute approximate surface area is 90.2 Å². The molecule has 2 saturated carbocycles. The van der Waals surface area contributed by atoms with Gasteiger partial charge in [0.05, 0.1) is 12.5 Å². The minimum absolute atomic E-state index is 0.206. The maximum absolute atomic E-state index is 12.0. The predicted octanol–water partition coefficient (Wildman–Crippen LogP) is 1.94. The van der Waals surface area contributed by atoms with Crippen LogP contribution in [0, 0.1) is 16.2 Å². The van der Waals surface area contributed by atoms with Gasteiger partial charge in [0.2, 0.25) is 0 Å². The summed E-state index contributed by atoms with van der Waals surface area (Å²) in [5.74, 6) is 0.0197. The summed E-state index contributed by atoms with van der Waals surface area (Å²) in [5.41, 5.74) is -1.17. The van der Waals surface area contributed by atoms with Crippen LogP contribution in [0.2, 0.25) is 0 Å². The molecule has 0 spiro atoms. The number of carbonyl (C=O) groups is 2. The summed E-state index contributed by atoms with van der Waals surface area (Å²) in [6.07, 6.45) is 1.96. The summed E-state index contributed by atoms with van der Waals surface area (Å²) in [4.78, 5) is 23.9. The first kappa shape index (κ1) is 10.7. The van der Waals surface area contributed by atoms with E-state index >= 15 is 0 Å². The summed E-state index contributed by atoms with van der Waals surface area (Å²) in [7, 11) is 1.41. The van der Waals surface area contributed by atoms with Crippen molar-refractivity contribution in [2.24, 2.45) is 16.2 Å². The maximum Gasteiger partial charge on any atom is 0.312 e. The molecule has 2 bridgehead atoms. The molecule has 2 atom stereocenters. The second kappa shape index (κ2) is 2.63. The topological polar surface area (TPSA) is 43.4 Å². The largest absolute Gasteiger partial charge is 0.469 e. The van der Waals surface area contributed by atoms with Gasteiger partial charge in [-0.3, -0.25) is 9.59 Å². The van der Waals surface area contributed by atoms with Crippen molar-refractivity contribution in [3.05, 3.63) is 0 Å². The molecule has 3 nitrogen and oxygen atoms in total. The summed E-state index contributed by atoms with van der Waals surface area (Å²) in [5, 5.41) is 0. The molecule has 3 heteroatoms. The fourth-order valence-electron chi connectivity index (χ4n) is 3.51. The van der Waals surface area contributed by atoms with Crippen LogP contribution in [0.1, 0.15) is 40.0 Å². The Morgan fingerprint density at radius 3 is 2.20 bits per heavy atom. The minimum Gasteiger partial charge on any atom is -0.469 e. The van der Waals surface area contributed by atoms with Crippen LogP contribution in [0.3, 0.4) is 0 Å². The van der Waals surface area contributed by atoms with Crippen LogP contribution in [-0.4, -0.2) is 18.9 Å². The second-order valence-electron chi connectivity index (χ2n) is 5.63. The van der Waals surface area contributed by atoms with Gasteiger partial charge in [-0.2, -0.15) is 0 Å². The molecule has 0 radical (unpaired) electrons. The van der Waals surface area contributed by atoms with Crippen LogP contribution in [0.15, 0.2) is 0 Å². The Bertz CT molecular complexity index is 345. The normalized spacial score (nSPS) is 42.0. The quantitative estimate of drug-likeness (QED) is 0.621. The molecule has 84 valence electrons. The van der Waals surface area contributed by atoms with E-state index < -0.39 is 5.41 Å². The molecule has 2 aliphatic carbocycles. The zero-order chi connectivity index (χ0) is 11.5. The molecule has 15 heavy (non-hydrogen) atoms. The van der Waals surface area contributed by atoms with E-state index in [4.69, 9.17) is 4.74 Å². The van der Waals surface area contributed by atoms with Gasteiger partial charge in [0, 0.05) is 11.8 Å². The lowest BCUT2D eigenvalue weighted by Crippen LogP contribution is -2.41. The van der Waals surface area contributed by atoms with Crippen LogP contribution in [0.25, 0.3) is 0 Å². The molecule has 2 fully saturated rings. The molecule has 0 N–H and O–H groups in total. The second-order valence-corrected chi connectivity index (χ2v) is 5.63. The first-order valence-electron chi connectivity index (χ1n) is 5.43. The lowest BCUT2D eigenvalue weighted by atomic mass is 9.65. The summed E-state index contributed by atoms with van der Waals surface area (Å²) in [6, 6.07) is 0. The van der Waals surface area contributed by atoms with Gasteiger partial charge in [-0.15, -0.1) is 0 Å². The Hall–Kier alpha value is -0.860. The fraction of sp³-hybridized carbons (Fsp3) is 0.833. The first-order chi connectivity index (χ1) is 6.82. The van der Waals surface area contributed by atoms with E-state index in [1.165, 1.54) is 7.11 Å². The summed E-state index contributed by atoms with van der Waals surface area (Å²) in [6.45, 7) is 6.05. The third kappa shape index (κ3) is 0.876. The van der Waals surface area contributed by atoms with Gasteiger partial charge in [0.15, 0.2) is 0 Å². The number of ether oxygens (including phenoxy) is 1. The number of ketones is 1. The van der Waals surface area contributed by atoms with Crippen LogP contribution in [-0.2, 0) is 14.3 Å². The van der Waals surface area contributed by atoms with E-state index in [1.54, 1.807) is 0 Å². The maximum atomic E-state index is 12.0. The van der Waals surface area contributed by atoms with E-state index in [9.17, 15) is 9.59 Å². The number of esters is 1. The Morgan fingerprint density at radius 1 is 1.27 bits per heavy atom. The molecule has 0 aromatic carbocycles. The van der Waals surface area contributed by atoms with Gasteiger partial charge in [0.1, 0.15) is 5.78 Å². The molecular formula is C12H18O3. The van der Waals surface area contributed by atoms with Crippen LogP contribution in [0.5, 0.6) is 0 Å². The SMILES string of the molecule is COC(=O)[C@]12CC[C@](C)(C(=O)C1)C2(C)C. The van der Waals surface area contributed by atoms with Crippen molar-refractivity contribution in [2.45, 2.75) is 40.0 Å². The van der Waals surface area contributed by atoms with Crippen molar-refractivity contribution >= 4 is 11.8 Å². The van der Waals surface area contributed by atoms with Crippen LogP contribution in [0.4, 0.5) is 0 Å². The molecule has 0 saturated heterocycles. The Balaban J connectivity index is 2.54. The number of carbonyl (C=O) groups excluding carboxylic acids is 2. The molecule has 2 rings (SSSR count). The molecule has 0 aliphatic heterocycles. The van der Waals surface area contributed by atoms with E-state index in [0.29, 0.717) is 6.42 Å². The molecule has 2 aliphatic rings. The standard InChI is InChI=1S/C12H18O3/c1-10(2)11(3)5-6-12(10,7-8(11)13)9(14)15-4/h5-7H2,1-4H3/t11-,12+/m1/s1. The smallest absolute Gasteiger partial charge is 0.312 e. The molecule has 0 heterocycles. The van der Waals surface area contributed by atoms with Crippen molar-refractivity contribution in [3.63, 3.8) is 0 Å². The lowest BCUT2D eigenvalue weighted by molar-refractivity contribution is -0.158. The van der Waals surface area contributed by atoms with Crippen molar-refractivity contribution in [1.29, 1.82) is 0 Å². The lowest BCUT2D eigenvalue weighted by Gasteiger charge is -2.37. The monoisotopic (exact) mass is 210 g/mol. The van der Waals surface area contributed by atoms with Gasteiger partial charge in [-0.05, 0) is 18.3 Å². The van der Waals surface area contributed by atoms with E-state index in [2.05, 4.69) is 0 Å². The molecule has 0 aromatic rings. The Morgan fingerprint density at radius 2 is 1.87 bits per heavy atom. The minimum atomic E-state index is -0.562. The highest BCUT2D eigenvalue weighted by molar-refractivity contribution is 5.97. The van der Waals surface area contributed by atoms with Gasteiger partial charge in [-0.25, -0.2) is 0 Å². The number of fused-ring (bicyclic) bond motifs is 2. The third-order valence-electron chi connectivity index (χ3n) is 5.28.